The molecular weight excluding hydrogens is 336 g/mol. The van der Waals surface area contributed by atoms with Crippen molar-refractivity contribution in [1.29, 1.82) is 0 Å². The first-order valence-electron chi connectivity index (χ1n) is 8.74. The Labute approximate surface area is 152 Å². The molecule has 25 heavy (non-hydrogen) atoms. The molecule has 1 fully saturated rings. The number of hydrogen-bond donors (Lipinski definition) is 0. The summed E-state index contributed by atoms with van der Waals surface area (Å²) in [5, 5.41) is 12.8. The first-order valence-corrected chi connectivity index (χ1v) is 9.72. The second-order valence-electron chi connectivity index (χ2n) is 6.61. The third-order valence-electron chi connectivity index (χ3n) is 4.48. The van der Waals surface area contributed by atoms with Gasteiger partial charge in [-0.25, -0.2) is 4.68 Å². The van der Waals surface area contributed by atoms with Crippen LogP contribution in [0.3, 0.4) is 0 Å². The van der Waals surface area contributed by atoms with Gasteiger partial charge in [0.25, 0.3) is 0 Å². The summed E-state index contributed by atoms with van der Waals surface area (Å²) in [5.41, 5.74) is 1.03. The van der Waals surface area contributed by atoms with Crippen LogP contribution in [0.25, 0.3) is 0 Å². The van der Waals surface area contributed by atoms with Crippen molar-refractivity contribution in [3.8, 4) is 0 Å². The SMILES string of the molecule is CC(C)N(Cc1cccnc1)C(=O)CSc1nnnn1C1CCCC1. The molecule has 0 atom stereocenters. The van der Waals surface area contributed by atoms with Gasteiger partial charge in [-0.15, -0.1) is 5.10 Å². The van der Waals surface area contributed by atoms with Gasteiger partial charge < -0.3 is 4.90 Å². The molecule has 3 rings (SSSR count). The Morgan fingerprint density at radius 1 is 1.40 bits per heavy atom. The maximum absolute atomic E-state index is 12.7. The molecule has 2 heterocycles. The van der Waals surface area contributed by atoms with Crippen LogP contribution in [0.1, 0.15) is 51.1 Å². The van der Waals surface area contributed by atoms with Crippen molar-refractivity contribution in [3.63, 3.8) is 0 Å². The van der Waals surface area contributed by atoms with Gasteiger partial charge in [0.2, 0.25) is 11.1 Å². The third-order valence-corrected chi connectivity index (χ3v) is 5.40. The lowest BCUT2D eigenvalue weighted by atomic mass is 10.2. The first kappa shape index (κ1) is 17.8. The monoisotopic (exact) mass is 360 g/mol. The van der Waals surface area contributed by atoms with Crippen LogP contribution in [0.5, 0.6) is 0 Å². The summed E-state index contributed by atoms with van der Waals surface area (Å²) in [7, 11) is 0. The Kier molecular flexibility index (Phi) is 6.01. The molecule has 1 aliphatic carbocycles. The van der Waals surface area contributed by atoms with E-state index >= 15 is 0 Å². The molecule has 1 amide bonds. The number of amides is 1. The van der Waals surface area contributed by atoms with Crippen molar-refractivity contribution in [2.75, 3.05) is 5.75 Å². The van der Waals surface area contributed by atoms with E-state index in [9.17, 15) is 4.79 Å². The fourth-order valence-corrected chi connectivity index (χ4v) is 3.95. The summed E-state index contributed by atoms with van der Waals surface area (Å²) in [6, 6.07) is 4.38. The van der Waals surface area contributed by atoms with E-state index in [2.05, 4.69) is 20.5 Å². The summed E-state index contributed by atoms with van der Waals surface area (Å²) in [6.45, 7) is 4.63. The van der Waals surface area contributed by atoms with Gasteiger partial charge in [0.1, 0.15) is 0 Å². The molecular formula is C17H24N6OS. The summed E-state index contributed by atoms with van der Waals surface area (Å²) >= 11 is 1.42. The minimum absolute atomic E-state index is 0.0878. The van der Waals surface area contributed by atoms with Crippen molar-refractivity contribution in [2.45, 2.75) is 63.3 Å². The lowest BCUT2D eigenvalue weighted by molar-refractivity contribution is -0.130. The smallest absolute Gasteiger partial charge is 0.233 e. The van der Waals surface area contributed by atoms with Crippen molar-refractivity contribution in [1.82, 2.24) is 30.1 Å². The second kappa shape index (κ2) is 8.42. The highest BCUT2D eigenvalue weighted by atomic mass is 32.2. The lowest BCUT2D eigenvalue weighted by Crippen LogP contribution is -2.37. The Morgan fingerprint density at radius 2 is 2.20 bits per heavy atom. The van der Waals surface area contributed by atoms with E-state index < -0.39 is 0 Å². The van der Waals surface area contributed by atoms with E-state index in [1.165, 1.54) is 24.6 Å². The molecule has 0 spiro atoms. The topological polar surface area (TPSA) is 76.8 Å². The normalized spacial score (nSPS) is 15.0. The highest BCUT2D eigenvalue weighted by Gasteiger charge is 2.23. The molecule has 7 nitrogen and oxygen atoms in total. The van der Waals surface area contributed by atoms with E-state index in [0.29, 0.717) is 18.3 Å². The molecule has 0 radical (unpaired) electrons. The quantitative estimate of drug-likeness (QED) is 0.707. The molecule has 1 saturated carbocycles. The number of aromatic nitrogens is 5. The number of rotatable bonds is 7. The van der Waals surface area contributed by atoms with Crippen LogP contribution < -0.4 is 0 Å². The molecule has 134 valence electrons. The molecule has 0 unspecified atom stereocenters. The van der Waals surface area contributed by atoms with Crippen LogP contribution in [0, 0.1) is 0 Å². The van der Waals surface area contributed by atoms with E-state index in [4.69, 9.17) is 0 Å². The van der Waals surface area contributed by atoms with Crippen LogP contribution in [0.4, 0.5) is 0 Å². The first-order chi connectivity index (χ1) is 12.1. The van der Waals surface area contributed by atoms with Gasteiger partial charge in [-0.3, -0.25) is 9.78 Å². The van der Waals surface area contributed by atoms with E-state index in [-0.39, 0.29) is 11.9 Å². The summed E-state index contributed by atoms with van der Waals surface area (Å²) in [5.74, 6) is 0.427. The largest absolute Gasteiger partial charge is 0.335 e. The summed E-state index contributed by atoms with van der Waals surface area (Å²) in [4.78, 5) is 18.7. The molecule has 8 heteroatoms. The number of nitrogens with zero attached hydrogens (tertiary/aromatic N) is 6. The predicted molar refractivity (Wildman–Crippen MR) is 96.0 cm³/mol. The second-order valence-corrected chi connectivity index (χ2v) is 7.55. The molecule has 0 aliphatic heterocycles. The Hall–Kier alpha value is -1.96. The van der Waals surface area contributed by atoms with Crippen molar-refractivity contribution >= 4 is 17.7 Å². The fourth-order valence-electron chi connectivity index (χ4n) is 3.11. The van der Waals surface area contributed by atoms with Gasteiger partial charge in [0.15, 0.2) is 0 Å². The van der Waals surface area contributed by atoms with Gasteiger partial charge in [0, 0.05) is 25.0 Å². The minimum Gasteiger partial charge on any atom is -0.335 e. The molecule has 0 bridgehead atoms. The maximum atomic E-state index is 12.7. The van der Waals surface area contributed by atoms with Crippen LogP contribution in [-0.2, 0) is 11.3 Å². The van der Waals surface area contributed by atoms with Crippen molar-refractivity contribution in [2.24, 2.45) is 0 Å². The van der Waals surface area contributed by atoms with Crippen LogP contribution in [0.15, 0.2) is 29.7 Å². The predicted octanol–water partition coefficient (Wildman–Crippen LogP) is 2.71. The highest BCUT2D eigenvalue weighted by Crippen LogP contribution is 2.31. The Morgan fingerprint density at radius 3 is 2.88 bits per heavy atom. The highest BCUT2D eigenvalue weighted by molar-refractivity contribution is 7.99. The Balaban J connectivity index is 1.61. The molecule has 2 aromatic rings. The Bertz CT molecular complexity index is 683. The number of carbonyl (C=O) groups excluding carboxylic acids is 1. The van der Waals surface area contributed by atoms with Gasteiger partial charge >= 0.3 is 0 Å². The zero-order valence-electron chi connectivity index (χ0n) is 14.7. The molecule has 0 aromatic carbocycles. The number of thioether (sulfide) groups is 1. The number of carbonyl (C=O) groups is 1. The van der Waals surface area contributed by atoms with Crippen LogP contribution in [-0.4, -0.2) is 47.8 Å². The van der Waals surface area contributed by atoms with Gasteiger partial charge in [-0.2, -0.15) is 0 Å². The van der Waals surface area contributed by atoms with Gasteiger partial charge in [-0.1, -0.05) is 30.7 Å². The zero-order chi connectivity index (χ0) is 17.6. The average Bonchev–Trinajstić information content (AvgIpc) is 3.29. The molecule has 0 saturated heterocycles. The maximum Gasteiger partial charge on any atom is 0.233 e. The van der Waals surface area contributed by atoms with Gasteiger partial charge in [0.05, 0.1) is 11.8 Å². The van der Waals surface area contributed by atoms with Gasteiger partial charge in [-0.05, 0) is 48.7 Å². The number of pyridine rings is 1. The van der Waals surface area contributed by atoms with Crippen LogP contribution in [0.2, 0.25) is 0 Å². The van der Waals surface area contributed by atoms with E-state index in [0.717, 1.165) is 23.6 Å². The molecule has 2 aromatic heterocycles. The zero-order valence-corrected chi connectivity index (χ0v) is 15.5. The van der Waals surface area contributed by atoms with Crippen molar-refractivity contribution < 1.29 is 4.79 Å². The fraction of sp³-hybridized carbons (Fsp3) is 0.588. The molecule has 1 aliphatic rings. The summed E-state index contributed by atoms with van der Waals surface area (Å²) in [6.07, 6.45) is 8.22. The third kappa shape index (κ3) is 4.56. The van der Waals surface area contributed by atoms with Crippen LogP contribution >= 0.6 is 11.8 Å². The van der Waals surface area contributed by atoms with E-state index in [1.54, 1.807) is 12.4 Å². The molecule has 0 N–H and O–H groups in total. The number of hydrogen-bond acceptors (Lipinski definition) is 6. The van der Waals surface area contributed by atoms with Crippen molar-refractivity contribution in [3.05, 3.63) is 30.1 Å². The minimum atomic E-state index is 0.0878. The standard InChI is InChI=1S/C17H24N6OS/c1-13(2)22(11-14-6-5-9-18-10-14)16(24)12-25-17-19-20-21-23(17)15-7-3-4-8-15/h5-6,9-10,13,15H,3-4,7-8,11-12H2,1-2H3. The summed E-state index contributed by atoms with van der Waals surface area (Å²) < 4.78 is 1.89. The average molecular weight is 360 g/mol. The van der Waals surface area contributed by atoms with E-state index in [1.807, 2.05) is 35.6 Å². The lowest BCUT2D eigenvalue weighted by Gasteiger charge is -2.26. The number of tetrazole rings is 1.